The van der Waals surface area contributed by atoms with Crippen molar-refractivity contribution < 1.29 is 4.74 Å². The van der Waals surface area contributed by atoms with E-state index in [1.807, 2.05) is 18.2 Å². The van der Waals surface area contributed by atoms with Crippen LogP contribution in [0.25, 0.3) is 0 Å². The molecule has 2 unspecified atom stereocenters. The van der Waals surface area contributed by atoms with E-state index in [-0.39, 0.29) is 0 Å². The van der Waals surface area contributed by atoms with Crippen LogP contribution in [0.4, 0.5) is 0 Å². The molecule has 0 aliphatic heterocycles. The van der Waals surface area contributed by atoms with E-state index >= 15 is 0 Å². The van der Waals surface area contributed by atoms with Crippen molar-refractivity contribution in [3.63, 3.8) is 0 Å². The molecule has 1 aromatic carbocycles. The molecular weight excluding hydrogens is 162 g/mol. The number of benzene rings is 1. The quantitative estimate of drug-likeness (QED) is 0.763. The first kappa shape index (κ1) is 8.57. The van der Waals surface area contributed by atoms with Gasteiger partial charge in [-0.05, 0) is 25.0 Å². The van der Waals surface area contributed by atoms with Crippen LogP contribution in [0.15, 0.2) is 24.3 Å². The molecule has 2 N–H and O–H groups in total. The van der Waals surface area contributed by atoms with E-state index in [4.69, 9.17) is 10.5 Å². The first-order valence-corrected chi connectivity index (χ1v) is 4.71. The molecule has 2 atom stereocenters. The standard InChI is InChI=1S/C11H15NO/c1-8-4-2-3-5-11(8)13-7-9-6-10(9)12/h2-5,9-10H,6-7,12H2,1H3. The molecule has 0 amide bonds. The van der Waals surface area contributed by atoms with Crippen LogP contribution in [-0.4, -0.2) is 12.6 Å². The van der Waals surface area contributed by atoms with Gasteiger partial charge in [-0.2, -0.15) is 0 Å². The fourth-order valence-electron chi connectivity index (χ4n) is 1.38. The van der Waals surface area contributed by atoms with Crippen molar-refractivity contribution in [1.29, 1.82) is 0 Å². The molecule has 1 saturated carbocycles. The van der Waals surface area contributed by atoms with E-state index in [1.54, 1.807) is 0 Å². The van der Waals surface area contributed by atoms with Crippen LogP contribution >= 0.6 is 0 Å². The van der Waals surface area contributed by atoms with Crippen molar-refractivity contribution >= 4 is 0 Å². The molecule has 2 rings (SSSR count). The van der Waals surface area contributed by atoms with Crippen LogP contribution in [0.5, 0.6) is 5.75 Å². The predicted octanol–water partition coefficient (Wildman–Crippen LogP) is 1.72. The van der Waals surface area contributed by atoms with Gasteiger partial charge in [0, 0.05) is 12.0 Å². The Morgan fingerprint density at radius 3 is 2.77 bits per heavy atom. The van der Waals surface area contributed by atoms with Crippen molar-refractivity contribution in [3.05, 3.63) is 29.8 Å². The van der Waals surface area contributed by atoms with E-state index in [9.17, 15) is 0 Å². The van der Waals surface area contributed by atoms with Crippen molar-refractivity contribution in [3.8, 4) is 5.75 Å². The molecular formula is C11H15NO. The zero-order valence-electron chi connectivity index (χ0n) is 7.86. The van der Waals surface area contributed by atoms with Gasteiger partial charge in [0.05, 0.1) is 6.61 Å². The van der Waals surface area contributed by atoms with Crippen LogP contribution in [-0.2, 0) is 0 Å². The van der Waals surface area contributed by atoms with Gasteiger partial charge in [0.25, 0.3) is 0 Å². The Labute approximate surface area is 78.7 Å². The number of hydrogen-bond acceptors (Lipinski definition) is 2. The Kier molecular flexibility index (Phi) is 2.23. The van der Waals surface area contributed by atoms with Gasteiger partial charge in [-0.3, -0.25) is 0 Å². The summed E-state index contributed by atoms with van der Waals surface area (Å²) < 4.78 is 5.65. The lowest BCUT2D eigenvalue weighted by Gasteiger charge is -2.07. The SMILES string of the molecule is Cc1ccccc1OCC1CC1N. The summed E-state index contributed by atoms with van der Waals surface area (Å²) in [5, 5.41) is 0. The minimum Gasteiger partial charge on any atom is -0.493 e. The third kappa shape index (κ3) is 2.01. The van der Waals surface area contributed by atoms with E-state index in [2.05, 4.69) is 13.0 Å². The van der Waals surface area contributed by atoms with Crippen LogP contribution in [0.2, 0.25) is 0 Å². The molecule has 70 valence electrons. The van der Waals surface area contributed by atoms with Crippen molar-refractivity contribution in [2.45, 2.75) is 19.4 Å². The second kappa shape index (κ2) is 3.38. The van der Waals surface area contributed by atoms with Gasteiger partial charge in [0.2, 0.25) is 0 Å². The van der Waals surface area contributed by atoms with Crippen molar-refractivity contribution in [1.82, 2.24) is 0 Å². The van der Waals surface area contributed by atoms with Crippen LogP contribution in [0.3, 0.4) is 0 Å². The van der Waals surface area contributed by atoms with E-state index in [0.717, 1.165) is 18.8 Å². The fraction of sp³-hybridized carbons (Fsp3) is 0.455. The second-order valence-corrected chi connectivity index (χ2v) is 3.74. The van der Waals surface area contributed by atoms with E-state index < -0.39 is 0 Å². The average Bonchev–Trinajstić information content (AvgIpc) is 2.81. The molecule has 1 aromatic rings. The maximum Gasteiger partial charge on any atom is 0.122 e. The van der Waals surface area contributed by atoms with Crippen LogP contribution in [0, 0.1) is 12.8 Å². The smallest absolute Gasteiger partial charge is 0.122 e. The number of rotatable bonds is 3. The highest BCUT2D eigenvalue weighted by Crippen LogP contribution is 2.29. The Morgan fingerprint density at radius 2 is 2.15 bits per heavy atom. The molecule has 0 bridgehead atoms. The highest BCUT2D eigenvalue weighted by molar-refractivity contribution is 5.31. The third-order valence-electron chi connectivity index (χ3n) is 2.52. The normalized spacial score (nSPS) is 25.7. The van der Waals surface area contributed by atoms with Gasteiger partial charge >= 0.3 is 0 Å². The zero-order valence-corrected chi connectivity index (χ0v) is 7.86. The third-order valence-corrected chi connectivity index (χ3v) is 2.52. The number of ether oxygens (including phenoxy) is 1. The summed E-state index contributed by atoms with van der Waals surface area (Å²) in [6.07, 6.45) is 1.12. The Hall–Kier alpha value is -1.02. The summed E-state index contributed by atoms with van der Waals surface area (Å²) in [7, 11) is 0. The lowest BCUT2D eigenvalue weighted by molar-refractivity contribution is 0.295. The number of hydrogen-bond donors (Lipinski definition) is 1. The molecule has 1 aliphatic rings. The first-order valence-electron chi connectivity index (χ1n) is 4.71. The van der Waals surface area contributed by atoms with Crippen molar-refractivity contribution in [2.75, 3.05) is 6.61 Å². The van der Waals surface area contributed by atoms with Gasteiger partial charge in [0.1, 0.15) is 5.75 Å². The van der Waals surface area contributed by atoms with Gasteiger partial charge in [0.15, 0.2) is 0 Å². The summed E-state index contributed by atoms with van der Waals surface area (Å²) in [5.41, 5.74) is 6.88. The van der Waals surface area contributed by atoms with Gasteiger partial charge < -0.3 is 10.5 Å². The summed E-state index contributed by atoms with van der Waals surface area (Å²) in [6.45, 7) is 2.83. The largest absolute Gasteiger partial charge is 0.493 e. The van der Waals surface area contributed by atoms with Crippen molar-refractivity contribution in [2.24, 2.45) is 11.7 Å². The van der Waals surface area contributed by atoms with E-state index in [0.29, 0.717) is 12.0 Å². The molecule has 0 saturated heterocycles. The maximum atomic E-state index is 5.69. The summed E-state index contributed by atoms with van der Waals surface area (Å²) in [4.78, 5) is 0. The van der Waals surface area contributed by atoms with Gasteiger partial charge in [-0.15, -0.1) is 0 Å². The Balaban J connectivity index is 1.90. The molecule has 2 nitrogen and oxygen atoms in total. The van der Waals surface area contributed by atoms with E-state index in [1.165, 1.54) is 5.56 Å². The lowest BCUT2D eigenvalue weighted by atomic mass is 10.2. The summed E-state index contributed by atoms with van der Waals surface area (Å²) in [6, 6.07) is 8.45. The lowest BCUT2D eigenvalue weighted by Crippen LogP contribution is -2.09. The summed E-state index contributed by atoms with van der Waals surface area (Å²) in [5.74, 6) is 1.57. The van der Waals surface area contributed by atoms with Crippen LogP contribution < -0.4 is 10.5 Å². The molecule has 0 heterocycles. The molecule has 13 heavy (non-hydrogen) atoms. The predicted molar refractivity (Wildman–Crippen MR) is 52.8 cm³/mol. The molecule has 2 heteroatoms. The molecule has 1 fully saturated rings. The number of nitrogens with two attached hydrogens (primary N) is 1. The summed E-state index contributed by atoms with van der Waals surface area (Å²) >= 11 is 0. The second-order valence-electron chi connectivity index (χ2n) is 3.74. The molecule has 0 spiro atoms. The minimum absolute atomic E-state index is 0.379. The minimum atomic E-state index is 0.379. The highest BCUT2D eigenvalue weighted by atomic mass is 16.5. The van der Waals surface area contributed by atoms with Gasteiger partial charge in [-0.1, -0.05) is 18.2 Å². The topological polar surface area (TPSA) is 35.2 Å². The average molecular weight is 177 g/mol. The molecule has 0 aromatic heterocycles. The fourth-order valence-corrected chi connectivity index (χ4v) is 1.38. The van der Waals surface area contributed by atoms with Crippen LogP contribution in [0.1, 0.15) is 12.0 Å². The Morgan fingerprint density at radius 1 is 1.46 bits per heavy atom. The Bertz CT molecular complexity index is 298. The maximum absolute atomic E-state index is 5.69. The molecule has 0 radical (unpaired) electrons. The monoisotopic (exact) mass is 177 g/mol. The first-order chi connectivity index (χ1) is 6.27. The molecule has 1 aliphatic carbocycles. The number of para-hydroxylation sites is 1. The van der Waals surface area contributed by atoms with Gasteiger partial charge in [-0.25, -0.2) is 0 Å². The number of aryl methyl sites for hydroxylation is 1. The zero-order chi connectivity index (χ0) is 9.26. The highest BCUT2D eigenvalue weighted by Gasteiger charge is 2.33.